The first kappa shape index (κ1) is 57.7. The molecule has 9 unspecified atom stereocenters. The minimum Gasteiger partial charge on any atom is -0.507 e. The van der Waals surface area contributed by atoms with Gasteiger partial charge in [-0.05, 0) is 56.9 Å². The van der Waals surface area contributed by atoms with Gasteiger partial charge in [-0.2, -0.15) is 0 Å². The minimum absolute atomic E-state index is 0.0165. The summed E-state index contributed by atoms with van der Waals surface area (Å²) in [5, 5.41) is 110. The van der Waals surface area contributed by atoms with Crippen molar-refractivity contribution in [3.8, 4) is 23.0 Å². The second-order valence-electron chi connectivity index (χ2n) is 23.0. The number of benzene rings is 5. The van der Waals surface area contributed by atoms with E-state index in [4.69, 9.17) is 18.9 Å². The van der Waals surface area contributed by atoms with Crippen molar-refractivity contribution in [3.63, 3.8) is 0 Å². The fourth-order valence-electron chi connectivity index (χ4n) is 13.0. The Morgan fingerprint density at radius 2 is 0.976 bits per heavy atom. The third-order valence-corrected chi connectivity index (χ3v) is 17.8. The lowest BCUT2D eigenvalue weighted by atomic mass is 9.71. The third kappa shape index (κ3) is 9.66. The molecule has 5 aromatic rings. The molecule has 21 heteroatoms. The monoisotopic (exact) mass is 1140 g/mol. The Balaban J connectivity index is 0.762. The lowest BCUT2D eigenvalue weighted by Crippen LogP contribution is -2.54. The number of hydrogen-bond acceptors (Lipinski definition) is 21. The van der Waals surface area contributed by atoms with E-state index in [9.17, 15) is 74.7 Å². The van der Waals surface area contributed by atoms with Gasteiger partial charge in [0.2, 0.25) is 0 Å². The Morgan fingerprint density at radius 3 is 1.40 bits per heavy atom. The van der Waals surface area contributed by atoms with Crippen molar-refractivity contribution in [2.75, 3.05) is 0 Å². The highest BCUT2D eigenvalue weighted by Crippen LogP contribution is 2.54. The molecule has 5 aromatic carbocycles. The number of aromatic hydroxyl groups is 4. The lowest BCUT2D eigenvalue weighted by molar-refractivity contribution is -0.250. The topological polar surface area (TPSA) is 345 Å². The zero-order valence-electron chi connectivity index (χ0n) is 46.0. The fourth-order valence-corrected chi connectivity index (χ4v) is 13.0. The van der Waals surface area contributed by atoms with E-state index in [0.717, 1.165) is 18.1 Å². The predicted molar refractivity (Wildman–Crippen MR) is 290 cm³/mol. The molecule has 0 aromatic heterocycles. The molecular weight excluding hydrogens is 1080 g/mol. The normalized spacial score (nSPS) is 29.0. The summed E-state index contributed by atoms with van der Waals surface area (Å²) in [6.45, 7) is 7.17. The molecule has 2 fully saturated rings. The molecule has 0 spiro atoms. The van der Waals surface area contributed by atoms with Crippen LogP contribution >= 0.6 is 0 Å². The summed E-state index contributed by atoms with van der Waals surface area (Å²) in [6.07, 6.45) is -10.4. The number of nitrogens with one attached hydrogen (secondary N) is 2. The van der Waals surface area contributed by atoms with Crippen LogP contribution in [0.3, 0.4) is 0 Å². The molecule has 2 saturated heterocycles. The SMILES string of the molecule is CC(=O)[C@]1(O)Cc2c(O)c3c(c(O)c2C(OC2CC(NCc4ccc(CNC5CC(O[C@H]6C[C@](O)(C(C)=O)Cc7c(O)c8c(c(O)c76)C(=O)c6c(CO)cccc6C8=O)OC(C)C5O)cc4)C(O)C(C)O2)C1)C(=O)c1c(C)cccc1C3=O. The number of hydrogen-bond donors (Lipinski definition) is 11. The number of ketones is 6. The number of phenols is 4. The Hall–Kier alpha value is -7.12. The number of aryl methyl sites for hydroxylation is 1. The standard InChI is InChI=1S/C62H64N2O19/c1-25-8-6-10-33-43(25)57(74)49-47(53(33)70)55(72)35-18-61(78,28(4)66)20-39(45(35)59(49)76)82-41-16-37(51(68)26(2)80-41)63-22-30-12-14-31(15-13-30)23-64-38-17-42(81-27(3)52(38)69)83-40-21-62(79,29(5)67)19-36-46(40)60(77)50-48(56(36)73)54(71)34-11-7-9-32(24-65)44(34)58(50)75/h6-15,26-27,37-42,51-52,63-65,68-69,72-73,76-79H,16-24H2,1-5H3/t26?,27?,37?,38?,39?,40-,41?,42?,51?,52?,61-,62-/m0/s1. The molecule has 2 heterocycles. The van der Waals surface area contributed by atoms with Crippen LogP contribution in [0.15, 0.2) is 60.7 Å². The Bertz CT molecular complexity index is 3580. The van der Waals surface area contributed by atoms with Gasteiger partial charge in [0.05, 0.1) is 65.5 Å². The number of rotatable bonds is 13. The lowest BCUT2D eigenvalue weighted by Gasteiger charge is -2.43. The van der Waals surface area contributed by atoms with Crippen molar-refractivity contribution in [2.24, 2.45) is 0 Å². The maximum atomic E-state index is 14.1. The van der Waals surface area contributed by atoms with Gasteiger partial charge in [0.1, 0.15) is 34.2 Å². The van der Waals surface area contributed by atoms with Crippen LogP contribution in [0.4, 0.5) is 0 Å². The summed E-state index contributed by atoms with van der Waals surface area (Å²) < 4.78 is 25.1. The summed E-state index contributed by atoms with van der Waals surface area (Å²) in [7, 11) is 0. The largest absolute Gasteiger partial charge is 0.507 e. The van der Waals surface area contributed by atoms with Crippen LogP contribution in [0.25, 0.3) is 0 Å². The van der Waals surface area contributed by atoms with E-state index in [-0.39, 0.29) is 76.0 Å². The first-order chi connectivity index (χ1) is 39.4. The molecule has 21 nitrogen and oxygen atoms in total. The number of Topliss-reactive ketones (excluding diaryl/α,β-unsaturated/α-hetero) is 2. The third-order valence-electron chi connectivity index (χ3n) is 17.8. The van der Waals surface area contributed by atoms with Crippen LogP contribution in [-0.4, -0.2) is 141 Å². The maximum Gasteiger partial charge on any atom is 0.198 e. The number of aliphatic hydroxyl groups excluding tert-OH is 3. The predicted octanol–water partition coefficient (Wildman–Crippen LogP) is 3.82. The van der Waals surface area contributed by atoms with Crippen LogP contribution in [-0.2, 0) is 61.1 Å². The first-order valence-electron chi connectivity index (χ1n) is 27.6. The molecule has 6 aliphatic rings. The molecule has 11 N–H and O–H groups in total. The van der Waals surface area contributed by atoms with Gasteiger partial charge in [0, 0.05) is 108 Å². The molecule has 11 rings (SSSR count). The van der Waals surface area contributed by atoms with Crippen LogP contribution in [0.2, 0.25) is 0 Å². The number of fused-ring (bicyclic) bond motifs is 6. The number of aliphatic hydroxyl groups is 5. The molecule has 436 valence electrons. The summed E-state index contributed by atoms with van der Waals surface area (Å²) in [5.74, 6) is -7.00. The summed E-state index contributed by atoms with van der Waals surface area (Å²) in [6, 6.07) is 15.2. The second kappa shape index (κ2) is 21.5. The van der Waals surface area contributed by atoms with Crippen molar-refractivity contribution in [1.82, 2.24) is 10.6 Å². The molecule has 0 amide bonds. The Morgan fingerprint density at radius 1 is 0.578 bits per heavy atom. The van der Waals surface area contributed by atoms with Crippen LogP contribution in [0.1, 0.15) is 174 Å². The summed E-state index contributed by atoms with van der Waals surface area (Å²) in [5.41, 5.74) is -4.40. The van der Waals surface area contributed by atoms with E-state index in [1.54, 1.807) is 32.9 Å². The zero-order valence-corrected chi connectivity index (χ0v) is 46.0. The van der Waals surface area contributed by atoms with Gasteiger partial charge in [0.25, 0.3) is 0 Å². The van der Waals surface area contributed by atoms with E-state index in [2.05, 4.69) is 10.6 Å². The average molecular weight is 1140 g/mol. The summed E-state index contributed by atoms with van der Waals surface area (Å²) in [4.78, 5) is 81.9. The van der Waals surface area contributed by atoms with Gasteiger partial charge in [-0.1, -0.05) is 60.7 Å². The van der Waals surface area contributed by atoms with Gasteiger partial charge >= 0.3 is 0 Å². The van der Waals surface area contributed by atoms with Gasteiger partial charge < -0.3 is 75.5 Å². The number of carbonyl (C=O) groups is 6. The Kier molecular flexibility index (Phi) is 14.9. The number of ether oxygens (including phenoxy) is 4. The fraction of sp³-hybridized carbons (Fsp3) is 0.419. The van der Waals surface area contributed by atoms with Gasteiger partial charge in [-0.15, -0.1) is 0 Å². The average Bonchev–Trinajstić information content (AvgIpc) is 0.939. The second-order valence-corrected chi connectivity index (χ2v) is 23.0. The van der Waals surface area contributed by atoms with E-state index in [1.165, 1.54) is 31.2 Å². The smallest absolute Gasteiger partial charge is 0.198 e. The molecular formula is C62H64N2O19. The summed E-state index contributed by atoms with van der Waals surface area (Å²) >= 11 is 0. The van der Waals surface area contributed by atoms with Gasteiger partial charge in [-0.3, -0.25) is 28.8 Å². The van der Waals surface area contributed by atoms with Crippen molar-refractivity contribution in [2.45, 2.75) is 165 Å². The maximum absolute atomic E-state index is 14.1. The van der Waals surface area contributed by atoms with Crippen molar-refractivity contribution in [3.05, 3.63) is 150 Å². The minimum atomic E-state index is -2.13. The van der Waals surface area contributed by atoms with Gasteiger partial charge in [0.15, 0.2) is 47.3 Å². The molecule has 0 saturated carbocycles. The van der Waals surface area contributed by atoms with Crippen molar-refractivity contribution < 1.29 is 93.7 Å². The van der Waals surface area contributed by atoms with E-state index in [1.807, 2.05) is 24.3 Å². The number of phenolic OH excluding ortho intramolecular Hbond substituents is 4. The van der Waals surface area contributed by atoms with Crippen molar-refractivity contribution in [1.29, 1.82) is 0 Å². The van der Waals surface area contributed by atoms with Crippen LogP contribution in [0.5, 0.6) is 23.0 Å². The van der Waals surface area contributed by atoms with E-state index >= 15 is 0 Å². The molecule has 0 radical (unpaired) electrons. The highest BCUT2D eigenvalue weighted by Gasteiger charge is 2.52. The number of carbonyl (C=O) groups excluding carboxylic acids is 6. The van der Waals surface area contributed by atoms with E-state index in [0.29, 0.717) is 5.56 Å². The van der Waals surface area contributed by atoms with Gasteiger partial charge in [-0.25, -0.2) is 0 Å². The van der Waals surface area contributed by atoms with Crippen LogP contribution < -0.4 is 10.6 Å². The highest BCUT2D eigenvalue weighted by atomic mass is 16.7. The first-order valence-corrected chi connectivity index (χ1v) is 27.6. The molecule has 2 aliphatic heterocycles. The molecule has 0 bridgehead atoms. The molecule has 12 atom stereocenters. The Labute approximate surface area is 475 Å². The highest BCUT2D eigenvalue weighted by molar-refractivity contribution is 6.32. The molecule has 83 heavy (non-hydrogen) atoms. The van der Waals surface area contributed by atoms with Crippen molar-refractivity contribution >= 4 is 34.7 Å². The zero-order chi connectivity index (χ0) is 59.5. The molecule has 4 aliphatic carbocycles. The van der Waals surface area contributed by atoms with E-state index < -0.39 is 185 Å². The van der Waals surface area contributed by atoms with Crippen LogP contribution in [0, 0.1) is 6.92 Å². The quantitative estimate of drug-likeness (QED) is 0.0731.